The number of hydrogen-bond acceptors (Lipinski definition) is 3. The van der Waals surface area contributed by atoms with E-state index in [0.29, 0.717) is 11.1 Å². The molecule has 0 aromatic heterocycles. The van der Waals surface area contributed by atoms with Crippen LogP contribution in [0.5, 0.6) is 0 Å². The van der Waals surface area contributed by atoms with Crippen LogP contribution >= 0.6 is 0 Å². The monoisotopic (exact) mass is 176 g/mol. The summed E-state index contributed by atoms with van der Waals surface area (Å²) in [6, 6.07) is 8.58. The first-order valence-electron chi connectivity index (χ1n) is 4.09. The molecule has 1 rings (SSSR count). The number of aliphatic hydroxyl groups is 1. The standard InChI is InChI=1S/C10H12N2O/c1-7(13)10(12)9-5-3-2-4-8(9)6-11/h2-5,7,10,13H,12H2,1H3/t7?,10-/m0/s1. The molecule has 13 heavy (non-hydrogen) atoms. The van der Waals surface area contributed by atoms with Crippen LogP contribution in [0.2, 0.25) is 0 Å². The lowest BCUT2D eigenvalue weighted by atomic mass is 9.98. The fourth-order valence-corrected chi connectivity index (χ4v) is 1.15. The van der Waals surface area contributed by atoms with Gasteiger partial charge < -0.3 is 10.8 Å². The van der Waals surface area contributed by atoms with E-state index in [4.69, 9.17) is 11.0 Å². The molecule has 1 aromatic rings. The molecular formula is C10H12N2O. The SMILES string of the molecule is CC(O)[C@H](N)c1ccccc1C#N. The Morgan fingerprint density at radius 3 is 2.62 bits per heavy atom. The maximum atomic E-state index is 9.26. The molecule has 0 amide bonds. The van der Waals surface area contributed by atoms with Crippen molar-refractivity contribution in [3.05, 3.63) is 35.4 Å². The van der Waals surface area contributed by atoms with Gasteiger partial charge in [-0.25, -0.2) is 0 Å². The molecule has 0 aliphatic carbocycles. The molecule has 0 spiro atoms. The number of nitriles is 1. The van der Waals surface area contributed by atoms with Crippen molar-refractivity contribution in [2.75, 3.05) is 0 Å². The highest BCUT2D eigenvalue weighted by molar-refractivity contribution is 5.39. The minimum absolute atomic E-state index is 0.490. The number of benzene rings is 1. The highest BCUT2D eigenvalue weighted by Crippen LogP contribution is 2.17. The molecule has 1 unspecified atom stereocenters. The van der Waals surface area contributed by atoms with Crippen molar-refractivity contribution in [3.63, 3.8) is 0 Å². The van der Waals surface area contributed by atoms with Crippen molar-refractivity contribution in [2.45, 2.75) is 19.1 Å². The largest absolute Gasteiger partial charge is 0.391 e. The van der Waals surface area contributed by atoms with Crippen molar-refractivity contribution < 1.29 is 5.11 Å². The summed E-state index contributed by atoms with van der Waals surface area (Å²) < 4.78 is 0. The average Bonchev–Trinajstić information content (AvgIpc) is 2.16. The lowest BCUT2D eigenvalue weighted by Crippen LogP contribution is -2.23. The molecule has 0 radical (unpaired) electrons. The van der Waals surface area contributed by atoms with Gasteiger partial charge in [0, 0.05) is 0 Å². The van der Waals surface area contributed by atoms with Gasteiger partial charge in [0.25, 0.3) is 0 Å². The van der Waals surface area contributed by atoms with Gasteiger partial charge in [-0.05, 0) is 18.6 Å². The zero-order valence-corrected chi connectivity index (χ0v) is 7.44. The Morgan fingerprint density at radius 1 is 1.46 bits per heavy atom. The van der Waals surface area contributed by atoms with Gasteiger partial charge >= 0.3 is 0 Å². The van der Waals surface area contributed by atoms with Gasteiger partial charge in [0.15, 0.2) is 0 Å². The Bertz CT molecular complexity index is 328. The van der Waals surface area contributed by atoms with Gasteiger partial charge in [-0.1, -0.05) is 18.2 Å². The Kier molecular flexibility index (Phi) is 3.02. The van der Waals surface area contributed by atoms with Gasteiger partial charge in [0.1, 0.15) is 0 Å². The summed E-state index contributed by atoms with van der Waals surface area (Å²) in [5.74, 6) is 0. The molecule has 2 atom stereocenters. The number of nitrogens with two attached hydrogens (primary N) is 1. The Balaban J connectivity index is 3.07. The normalized spacial score (nSPS) is 14.6. The molecule has 3 nitrogen and oxygen atoms in total. The quantitative estimate of drug-likeness (QED) is 0.704. The summed E-state index contributed by atoms with van der Waals surface area (Å²) in [4.78, 5) is 0. The van der Waals surface area contributed by atoms with Gasteiger partial charge in [0.05, 0.1) is 23.8 Å². The lowest BCUT2D eigenvalue weighted by molar-refractivity contribution is 0.164. The predicted molar refractivity (Wildman–Crippen MR) is 49.8 cm³/mol. The third kappa shape index (κ3) is 2.05. The summed E-state index contributed by atoms with van der Waals surface area (Å²) in [6.07, 6.45) is -0.644. The van der Waals surface area contributed by atoms with Crippen LogP contribution in [0.1, 0.15) is 24.1 Å². The molecule has 0 fully saturated rings. The molecule has 0 saturated carbocycles. The van der Waals surface area contributed by atoms with E-state index in [2.05, 4.69) is 0 Å². The molecular weight excluding hydrogens is 164 g/mol. The van der Waals surface area contributed by atoms with Gasteiger partial charge in [-0.15, -0.1) is 0 Å². The van der Waals surface area contributed by atoms with Crippen LogP contribution in [0.4, 0.5) is 0 Å². The molecule has 0 aliphatic rings. The molecule has 0 heterocycles. The van der Waals surface area contributed by atoms with E-state index in [1.807, 2.05) is 6.07 Å². The van der Waals surface area contributed by atoms with Crippen LogP contribution in [-0.4, -0.2) is 11.2 Å². The summed E-state index contributed by atoms with van der Waals surface area (Å²) in [7, 11) is 0. The Morgan fingerprint density at radius 2 is 2.08 bits per heavy atom. The number of hydrogen-bond donors (Lipinski definition) is 2. The Hall–Kier alpha value is -1.37. The Labute approximate surface area is 77.4 Å². The third-order valence-corrected chi connectivity index (χ3v) is 1.96. The van der Waals surface area contributed by atoms with Crippen LogP contribution in [0.25, 0.3) is 0 Å². The summed E-state index contributed by atoms with van der Waals surface area (Å²) >= 11 is 0. The smallest absolute Gasteiger partial charge is 0.0995 e. The van der Waals surface area contributed by atoms with E-state index in [0.717, 1.165) is 0 Å². The van der Waals surface area contributed by atoms with E-state index in [1.165, 1.54) is 0 Å². The topological polar surface area (TPSA) is 70.0 Å². The molecule has 68 valence electrons. The van der Waals surface area contributed by atoms with Crippen molar-refractivity contribution in [1.82, 2.24) is 0 Å². The molecule has 0 bridgehead atoms. The van der Waals surface area contributed by atoms with Crippen molar-refractivity contribution in [1.29, 1.82) is 5.26 Å². The van der Waals surface area contributed by atoms with E-state index in [1.54, 1.807) is 31.2 Å². The summed E-state index contributed by atoms with van der Waals surface area (Å²) in [6.45, 7) is 1.61. The van der Waals surface area contributed by atoms with Crippen LogP contribution in [0.3, 0.4) is 0 Å². The van der Waals surface area contributed by atoms with Crippen molar-refractivity contribution in [2.24, 2.45) is 5.73 Å². The first-order chi connectivity index (χ1) is 6.16. The van der Waals surface area contributed by atoms with Gasteiger partial charge in [-0.3, -0.25) is 0 Å². The fourth-order valence-electron chi connectivity index (χ4n) is 1.15. The fraction of sp³-hybridized carbons (Fsp3) is 0.300. The van der Waals surface area contributed by atoms with E-state index in [-0.39, 0.29) is 0 Å². The highest BCUT2D eigenvalue weighted by Gasteiger charge is 2.14. The number of nitrogens with zero attached hydrogens (tertiary/aromatic N) is 1. The molecule has 0 saturated heterocycles. The van der Waals surface area contributed by atoms with Gasteiger partial charge in [-0.2, -0.15) is 5.26 Å². The second-order valence-corrected chi connectivity index (χ2v) is 2.97. The average molecular weight is 176 g/mol. The third-order valence-electron chi connectivity index (χ3n) is 1.96. The van der Waals surface area contributed by atoms with Crippen molar-refractivity contribution >= 4 is 0 Å². The number of rotatable bonds is 2. The summed E-state index contributed by atoms with van der Waals surface area (Å²) in [5.41, 5.74) is 6.93. The minimum Gasteiger partial charge on any atom is -0.391 e. The molecule has 3 N–H and O–H groups in total. The lowest BCUT2D eigenvalue weighted by Gasteiger charge is -2.15. The van der Waals surface area contributed by atoms with E-state index >= 15 is 0 Å². The number of aliphatic hydroxyl groups excluding tert-OH is 1. The predicted octanol–water partition coefficient (Wildman–Crippen LogP) is 0.939. The van der Waals surface area contributed by atoms with Crippen molar-refractivity contribution in [3.8, 4) is 6.07 Å². The molecule has 3 heteroatoms. The second-order valence-electron chi connectivity index (χ2n) is 2.97. The second kappa shape index (κ2) is 4.04. The van der Waals surface area contributed by atoms with Gasteiger partial charge in [0.2, 0.25) is 0 Å². The minimum atomic E-state index is -0.644. The first-order valence-corrected chi connectivity index (χ1v) is 4.09. The maximum Gasteiger partial charge on any atom is 0.0995 e. The van der Waals surface area contributed by atoms with E-state index < -0.39 is 12.1 Å². The van der Waals surface area contributed by atoms with Crippen LogP contribution < -0.4 is 5.73 Å². The summed E-state index contributed by atoms with van der Waals surface area (Å²) in [5, 5.41) is 18.0. The first kappa shape index (κ1) is 9.72. The van der Waals surface area contributed by atoms with E-state index in [9.17, 15) is 5.11 Å². The van der Waals surface area contributed by atoms with Crippen LogP contribution in [0, 0.1) is 11.3 Å². The molecule has 1 aromatic carbocycles. The van der Waals surface area contributed by atoms with Crippen LogP contribution in [0.15, 0.2) is 24.3 Å². The zero-order valence-electron chi connectivity index (χ0n) is 7.44. The molecule has 0 aliphatic heterocycles. The maximum absolute atomic E-state index is 9.26. The highest BCUT2D eigenvalue weighted by atomic mass is 16.3. The zero-order chi connectivity index (χ0) is 9.84. The van der Waals surface area contributed by atoms with Crippen LogP contribution in [-0.2, 0) is 0 Å².